The summed E-state index contributed by atoms with van der Waals surface area (Å²) in [5.74, 6) is 2.67. The van der Waals surface area contributed by atoms with E-state index >= 15 is 0 Å². The molecule has 0 saturated heterocycles. The van der Waals surface area contributed by atoms with Crippen molar-refractivity contribution in [3.8, 4) is 5.75 Å². The third kappa shape index (κ3) is 5.34. The van der Waals surface area contributed by atoms with Gasteiger partial charge in [-0.15, -0.1) is 0 Å². The first-order valence-electron chi connectivity index (χ1n) is 11.4. The Morgan fingerprint density at radius 1 is 0.793 bits per heavy atom. The molecule has 1 aliphatic rings. The summed E-state index contributed by atoms with van der Waals surface area (Å²) in [6, 6.07) is 4.62. The van der Waals surface area contributed by atoms with Crippen LogP contribution in [0.3, 0.4) is 0 Å². The molecule has 0 amide bonds. The van der Waals surface area contributed by atoms with Crippen LogP contribution >= 0.6 is 0 Å². The van der Waals surface area contributed by atoms with E-state index in [1.807, 2.05) is 0 Å². The lowest BCUT2D eigenvalue weighted by atomic mass is 9.76. The van der Waals surface area contributed by atoms with E-state index in [-0.39, 0.29) is 12.0 Å². The second-order valence-electron chi connectivity index (χ2n) is 10.1. The smallest absolute Gasteiger partial charge is 0.126 e. The minimum atomic E-state index is -0.392. The number of hydrogen-bond acceptors (Lipinski definition) is 2. The molecule has 162 valence electrons. The summed E-state index contributed by atoms with van der Waals surface area (Å²) in [6.45, 7) is 21.9. The molecule has 2 atom stereocenters. The van der Waals surface area contributed by atoms with E-state index in [4.69, 9.17) is 4.74 Å². The van der Waals surface area contributed by atoms with Crippen LogP contribution in [0.2, 0.25) is 0 Å². The number of ether oxygens (including phenoxy) is 1. The largest absolute Gasteiger partial charge is 0.490 e. The number of allylic oxidation sites excluding steroid dienone is 2. The van der Waals surface area contributed by atoms with Crippen molar-refractivity contribution in [3.63, 3.8) is 0 Å². The Balaban J connectivity index is 2.71. The summed E-state index contributed by atoms with van der Waals surface area (Å²) in [7, 11) is 0. The van der Waals surface area contributed by atoms with Crippen LogP contribution in [-0.2, 0) is 0 Å². The third-order valence-electron chi connectivity index (χ3n) is 5.91. The average molecular weight is 399 g/mol. The summed E-state index contributed by atoms with van der Waals surface area (Å²) in [6.07, 6.45) is 4.27. The fourth-order valence-electron chi connectivity index (χ4n) is 4.15. The summed E-state index contributed by atoms with van der Waals surface area (Å²) >= 11 is 0. The van der Waals surface area contributed by atoms with Crippen molar-refractivity contribution < 1.29 is 9.84 Å². The van der Waals surface area contributed by atoms with Crippen molar-refractivity contribution in [3.05, 3.63) is 46.5 Å². The number of aliphatic hydroxyl groups excluding tert-OH is 1. The Labute approximate surface area is 179 Å². The van der Waals surface area contributed by atoms with Crippen molar-refractivity contribution in [2.24, 2.45) is 17.8 Å². The molecule has 1 aromatic carbocycles. The Morgan fingerprint density at radius 3 is 1.69 bits per heavy atom. The van der Waals surface area contributed by atoms with Gasteiger partial charge in [-0.05, 0) is 77.5 Å². The van der Waals surface area contributed by atoms with E-state index in [0.717, 1.165) is 11.3 Å². The van der Waals surface area contributed by atoms with Gasteiger partial charge in [-0.3, -0.25) is 0 Å². The fourth-order valence-corrected chi connectivity index (χ4v) is 4.15. The highest BCUT2D eigenvalue weighted by Gasteiger charge is 2.30. The van der Waals surface area contributed by atoms with Gasteiger partial charge < -0.3 is 9.84 Å². The first-order valence-corrected chi connectivity index (χ1v) is 11.4. The molecule has 29 heavy (non-hydrogen) atoms. The first-order chi connectivity index (χ1) is 13.4. The lowest BCUT2D eigenvalue weighted by molar-refractivity contribution is 0.130. The van der Waals surface area contributed by atoms with Crippen LogP contribution in [0, 0.1) is 17.8 Å². The maximum atomic E-state index is 10.9. The molecule has 0 saturated carbocycles. The zero-order valence-electron chi connectivity index (χ0n) is 20.2. The number of aliphatic hydroxyl groups is 1. The Morgan fingerprint density at radius 2 is 1.31 bits per heavy atom. The second-order valence-corrected chi connectivity index (χ2v) is 10.1. The van der Waals surface area contributed by atoms with Gasteiger partial charge >= 0.3 is 0 Å². The SMILES string of the molecule is CC(C)Oc1c(C(C)C)cc(C2=CC(C(C)C)C(O)C(C(C)C)=C2)cc1C(C)C. The molecule has 2 heteroatoms. The van der Waals surface area contributed by atoms with Crippen molar-refractivity contribution in [2.45, 2.75) is 93.3 Å². The molecule has 0 aliphatic heterocycles. The quantitative estimate of drug-likeness (QED) is 0.521. The van der Waals surface area contributed by atoms with Gasteiger partial charge in [0.15, 0.2) is 0 Å². The maximum Gasteiger partial charge on any atom is 0.126 e. The van der Waals surface area contributed by atoms with Gasteiger partial charge in [-0.25, -0.2) is 0 Å². The highest BCUT2D eigenvalue weighted by atomic mass is 16.5. The van der Waals surface area contributed by atoms with E-state index in [9.17, 15) is 5.11 Å². The molecule has 0 bridgehead atoms. The molecule has 1 aromatic rings. The fraction of sp³-hybridized carbons (Fsp3) is 0.630. The van der Waals surface area contributed by atoms with Crippen LogP contribution in [0.4, 0.5) is 0 Å². The van der Waals surface area contributed by atoms with Crippen LogP contribution in [0.25, 0.3) is 5.57 Å². The Bertz CT molecular complexity index is 734. The molecular formula is C27H42O2. The topological polar surface area (TPSA) is 29.5 Å². The number of rotatable bonds is 7. The molecule has 0 heterocycles. The molecule has 2 nitrogen and oxygen atoms in total. The summed E-state index contributed by atoms with van der Waals surface area (Å²) in [5.41, 5.74) is 6.16. The van der Waals surface area contributed by atoms with Crippen LogP contribution in [0.5, 0.6) is 5.75 Å². The molecule has 1 N–H and O–H groups in total. The van der Waals surface area contributed by atoms with Crippen LogP contribution in [0.15, 0.2) is 29.9 Å². The van der Waals surface area contributed by atoms with E-state index in [0.29, 0.717) is 23.7 Å². The van der Waals surface area contributed by atoms with E-state index in [1.54, 1.807) is 0 Å². The predicted octanol–water partition coefficient (Wildman–Crippen LogP) is 7.33. The number of benzene rings is 1. The first kappa shape index (κ1) is 23.7. The van der Waals surface area contributed by atoms with E-state index in [2.05, 4.69) is 93.5 Å². The summed E-state index contributed by atoms with van der Waals surface area (Å²) in [5, 5.41) is 10.9. The van der Waals surface area contributed by atoms with Crippen LogP contribution < -0.4 is 4.74 Å². The second kappa shape index (κ2) is 9.51. The monoisotopic (exact) mass is 398 g/mol. The number of hydrogen-bond donors (Lipinski definition) is 1. The minimum absolute atomic E-state index is 0.143. The zero-order chi connectivity index (χ0) is 22.0. The standard InChI is InChI=1S/C27H42O2/c1-15(2)22-11-20(12-23(16(3)4)26(22)28)21-13-24(17(5)6)27(29-19(9)10)25(14-21)18(7)8/h11-19,22,26,28H,1-10H3. The van der Waals surface area contributed by atoms with Gasteiger partial charge in [-0.2, -0.15) is 0 Å². The van der Waals surface area contributed by atoms with Crippen LogP contribution in [-0.4, -0.2) is 17.3 Å². The normalized spacial score (nSPS) is 20.1. The molecule has 1 aliphatic carbocycles. The zero-order valence-corrected chi connectivity index (χ0v) is 20.2. The van der Waals surface area contributed by atoms with Gasteiger partial charge in [0, 0.05) is 5.92 Å². The molecule has 2 unspecified atom stereocenters. The average Bonchev–Trinajstić information content (AvgIpc) is 2.60. The summed E-state index contributed by atoms with van der Waals surface area (Å²) < 4.78 is 6.30. The van der Waals surface area contributed by atoms with E-state index in [1.165, 1.54) is 22.3 Å². The van der Waals surface area contributed by atoms with Gasteiger partial charge in [-0.1, -0.05) is 67.5 Å². The predicted molar refractivity (Wildman–Crippen MR) is 126 cm³/mol. The highest BCUT2D eigenvalue weighted by Crippen LogP contribution is 2.41. The lowest BCUT2D eigenvalue weighted by Gasteiger charge is -2.33. The van der Waals surface area contributed by atoms with E-state index < -0.39 is 6.10 Å². The summed E-state index contributed by atoms with van der Waals surface area (Å²) in [4.78, 5) is 0. The van der Waals surface area contributed by atoms with Gasteiger partial charge in [0.05, 0.1) is 12.2 Å². The molecule has 2 rings (SSSR count). The van der Waals surface area contributed by atoms with Crippen molar-refractivity contribution in [2.75, 3.05) is 0 Å². The molecule has 0 aromatic heterocycles. The van der Waals surface area contributed by atoms with Gasteiger partial charge in [0.2, 0.25) is 0 Å². The van der Waals surface area contributed by atoms with Crippen LogP contribution in [0.1, 0.15) is 97.8 Å². The minimum Gasteiger partial charge on any atom is -0.490 e. The van der Waals surface area contributed by atoms with Gasteiger partial charge in [0.25, 0.3) is 0 Å². The highest BCUT2D eigenvalue weighted by molar-refractivity contribution is 5.78. The molecule has 0 fully saturated rings. The molecule has 0 spiro atoms. The maximum absolute atomic E-state index is 10.9. The lowest BCUT2D eigenvalue weighted by Crippen LogP contribution is -2.30. The Kier molecular flexibility index (Phi) is 7.79. The molecule has 0 radical (unpaired) electrons. The van der Waals surface area contributed by atoms with Crippen molar-refractivity contribution >= 4 is 5.57 Å². The van der Waals surface area contributed by atoms with Crippen molar-refractivity contribution in [1.29, 1.82) is 0 Å². The third-order valence-corrected chi connectivity index (χ3v) is 5.91. The Hall–Kier alpha value is -1.54. The molecular weight excluding hydrogens is 356 g/mol. The van der Waals surface area contributed by atoms with Crippen molar-refractivity contribution in [1.82, 2.24) is 0 Å². The van der Waals surface area contributed by atoms with Gasteiger partial charge in [0.1, 0.15) is 5.75 Å².